The lowest BCUT2D eigenvalue weighted by Crippen LogP contribution is -2.43. The van der Waals surface area contributed by atoms with Crippen molar-refractivity contribution in [3.8, 4) is 0 Å². The van der Waals surface area contributed by atoms with Crippen LogP contribution < -0.4 is 0 Å². The largest absolute Gasteiger partial charge is 0.393 e. The van der Waals surface area contributed by atoms with Crippen molar-refractivity contribution in [2.75, 3.05) is 13.2 Å². The van der Waals surface area contributed by atoms with Crippen molar-refractivity contribution >= 4 is 27.7 Å². The SMILES string of the molecule is CC(C)N(C[C@@H](O)CO/N=C1\CCCC\C1=C/c1ccc(Br)cc1)C(C)C. The van der Waals surface area contributed by atoms with Gasteiger partial charge in [0, 0.05) is 23.1 Å². The van der Waals surface area contributed by atoms with Crippen molar-refractivity contribution in [2.24, 2.45) is 5.16 Å². The van der Waals surface area contributed by atoms with Crippen LogP contribution in [0.3, 0.4) is 0 Å². The van der Waals surface area contributed by atoms with Crippen molar-refractivity contribution in [1.82, 2.24) is 4.90 Å². The number of hydrogen-bond donors (Lipinski definition) is 1. The molecular weight excluding hydrogens is 404 g/mol. The number of aliphatic hydroxyl groups excluding tert-OH is 1. The van der Waals surface area contributed by atoms with Gasteiger partial charge in [0.2, 0.25) is 0 Å². The van der Waals surface area contributed by atoms with E-state index in [0.29, 0.717) is 18.6 Å². The van der Waals surface area contributed by atoms with Crippen molar-refractivity contribution < 1.29 is 9.94 Å². The first kappa shape index (κ1) is 22.1. The highest BCUT2D eigenvalue weighted by molar-refractivity contribution is 9.10. The summed E-state index contributed by atoms with van der Waals surface area (Å²) >= 11 is 3.47. The summed E-state index contributed by atoms with van der Waals surface area (Å²) in [4.78, 5) is 7.81. The molecule has 2 rings (SSSR count). The second kappa shape index (κ2) is 11.0. The first-order chi connectivity index (χ1) is 12.9. The topological polar surface area (TPSA) is 45.1 Å². The predicted molar refractivity (Wildman–Crippen MR) is 117 cm³/mol. The van der Waals surface area contributed by atoms with Crippen molar-refractivity contribution in [3.05, 3.63) is 39.9 Å². The third-order valence-corrected chi connectivity index (χ3v) is 5.41. The number of aliphatic hydroxyl groups is 1. The van der Waals surface area contributed by atoms with Crippen LogP contribution >= 0.6 is 15.9 Å². The van der Waals surface area contributed by atoms with Crippen LogP contribution in [0, 0.1) is 0 Å². The van der Waals surface area contributed by atoms with Gasteiger partial charge in [0.05, 0.1) is 5.71 Å². The van der Waals surface area contributed by atoms with Gasteiger partial charge in [-0.3, -0.25) is 4.90 Å². The maximum absolute atomic E-state index is 10.3. The molecule has 1 aliphatic rings. The molecule has 0 unspecified atom stereocenters. The van der Waals surface area contributed by atoms with Crippen LogP contribution in [0.15, 0.2) is 39.5 Å². The van der Waals surface area contributed by atoms with Gasteiger partial charge < -0.3 is 9.94 Å². The van der Waals surface area contributed by atoms with E-state index in [4.69, 9.17) is 4.84 Å². The zero-order chi connectivity index (χ0) is 19.8. The van der Waals surface area contributed by atoms with E-state index in [0.717, 1.165) is 29.4 Å². The Kier molecular flexibility index (Phi) is 9.00. The van der Waals surface area contributed by atoms with Gasteiger partial charge >= 0.3 is 0 Å². The molecule has 0 heterocycles. The summed E-state index contributed by atoms with van der Waals surface area (Å²) in [5, 5.41) is 14.7. The summed E-state index contributed by atoms with van der Waals surface area (Å²) in [6, 6.07) is 9.08. The Balaban J connectivity index is 1.96. The molecular formula is C22H33BrN2O2. The Morgan fingerprint density at radius 1 is 1.11 bits per heavy atom. The minimum atomic E-state index is -0.540. The third kappa shape index (κ3) is 7.40. The predicted octanol–water partition coefficient (Wildman–Crippen LogP) is 5.26. The zero-order valence-electron chi connectivity index (χ0n) is 17.0. The Labute approximate surface area is 172 Å². The Hall–Kier alpha value is -1.17. The molecule has 4 nitrogen and oxygen atoms in total. The average molecular weight is 437 g/mol. The molecule has 150 valence electrons. The highest BCUT2D eigenvalue weighted by atomic mass is 79.9. The van der Waals surface area contributed by atoms with Crippen molar-refractivity contribution in [1.29, 1.82) is 0 Å². The van der Waals surface area contributed by atoms with Gasteiger partial charge in [0.1, 0.15) is 12.7 Å². The molecule has 1 atom stereocenters. The number of halogens is 1. The van der Waals surface area contributed by atoms with E-state index in [1.54, 1.807) is 0 Å². The second-order valence-corrected chi connectivity index (χ2v) is 8.72. The first-order valence-corrected chi connectivity index (χ1v) is 10.7. The molecule has 5 heteroatoms. The molecule has 0 bridgehead atoms. The number of hydrogen-bond acceptors (Lipinski definition) is 4. The minimum absolute atomic E-state index is 0.227. The van der Waals surface area contributed by atoms with E-state index in [-0.39, 0.29) is 6.61 Å². The van der Waals surface area contributed by atoms with Crippen LogP contribution in [-0.2, 0) is 4.84 Å². The number of allylic oxidation sites excluding steroid dienone is 1. The maximum Gasteiger partial charge on any atom is 0.144 e. The fourth-order valence-electron chi connectivity index (χ4n) is 3.45. The highest BCUT2D eigenvalue weighted by Gasteiger charge is 2.19. The number of rotatable bonds is 8. The summed E-state index contributed by atoms with van der Waals surface area (Å²) in [5.41, 5.74) is 3.43. The molecule has 1 aromatic carbocycles. The van der Waals surface area contributed by atoms with E-state index in [9.17, 15) is 5.11 Å². The average Bonchev–Trinajstić information content (AvgIpc) is 2.62. The highest BCUT2D eigenvalue weighted by Crippen LogP contribution is 2.24. The molecule has 0 saturated heterocycles. The van der Waals surface area contributed by atoms with Crippen LogP contribution in [0.5, 0.6) is 0 Å². The summed E-state index contributed by atoms with van der Waals surface area (Å²) in [6.45, 7) is 9.42. The smallest absolute Gasteiger partial charge is 0.144 e. The minimum Gasteiger partial charge on any atom is -0.393 e. The molecule has 0 aliphatic heterocycles. The third-order valence-electron chi connectivity index (χ3n) is 4.88. The van der Waals surface area contributed by atoms with Gasteiger partial charge in [-0.15, -0.1) is 0 Å². The van der Waals surface area contributed by atoms with Crippen LogP contribution in [-0.4, -0.2) is 47.1 Å². The normalized spacial score (nSPS) is 19.4. The van der Waals surface area contributed by atoms with Crippen LogP contribution in [0.4, 0.5) is 0 Å². The van der Waals surface area contributed by atoms with E-state index in [2.05, 4.69) is 71.9 Å². The van der Waals surface area contributed by atoms with Gasteiger partial charge in [0.25, 0.3) is 0 Å². The molecule has 0 spiro atoms. The van der Waals surface area contributed by atoms with E-state index in [1.807, 2.05) is 12.1 Å². The fourth-order valence-corrected chi connectivity index (χ4v) is 3.71. The Morgan fingerprint density at radius 2 is 1.74 bits per heavy atom. The van der Waals surface area contributed by atoms with Crippen molar-refractivity contribution in [2.45, 2.75) is 71.6 Å². The lowest BCUT2D eigenvalue weighted by Gasteiger charge is -2.32. The van der Waals surface area contributed by atoms with Gasteiger partial charge in [-0.1, -0.05) is 33.2 Å². The van der Waals surface area contributed by atoms with Gasteiger partial charge in [0.15, 0.2) is 0 Å². The lowest BCUT2D eigenvalue weighted by molar-refractivity contribution is 0.00578. The van der Waals surface area contributed by atoms with E-state index in [1.165, 1.54) is 17.6 Å². The molecule has 0 aromatic heterocycles. The summed E-state index contributed by atoms with van der Waals surface area (Å²) in [6.07, 6.45) is 5.93. The molecule has 1 aromatic rings. The fraction of sp³-hybridized carbons (Fsp3) is 0.591. The molecule has 0 amide bonds. The monoisotopic (exact) mass is 436 g/mol. The molecule has 1 fully saturated rings. The van der Waals surface area contributed by atoms with Crippen molar-refractivity contribution in [3.63, 3.8) is 0 Å². The van der Waals surface area contributed by atoms with Crippen LogP contribution in [0.2, 0.25) is 0 Å². The van der Waals surface area contributed by atoms with Gasteiger partial charge in [-0.25, -0.2) is 0 Å². The van der Waals surface area contributed by atoms with Gasteiger partial charge in [-0.2, -0.15) is 0 Å². The van der Waals surface area contributed by atoms with E-state index >= 15 is 0 Å². The standard InChI is InChI=1S/C22H33BrN2O2/c1-16(2)25(17(3)4)14-21(26)15-27-24-22-8-6-5-7-19(22)13-18-9-11-20(23)12-10-18/h9-13,16-17,21,26H,5-8,14-15H2,1-4H3/b19-13+,24-22+/t21-/m1/s1. The van der Waals surface area contributed by atoms with Crippen LogP contribution in [0.1, 0.15) is 58.9 Å². The summed E-state index contributed by atoms with van der Waals surface area (Å²) < 4.78 is 1.08. The zero-order valence-corrected chi connectivity index (χ0v) is 18.6. The summed E-state index contributed by atoms with van der Waals surface area (Å²) in [7, 11) is 0. The molecule has 27 heavy (non-hydrogen) atoms. The maximum atomic E-state index is 10.3. The lowest BCUT2D eigenvalue weighted by atomic mass is 9.91. The van der Waals surface area contributed by atoms with Gasteiger partial charge in [-0.05, 0) is 82.7 Å². The van der Waals surface area contributed by atoms with E-state index < -0.39 is 6.10 Å². The summed E-state index contributed by atoms with van der Waals surface area (Å²) in [5.74, 6) is 0. The Bertz CT molecular complexity index is 630. The molecule has 1 aliphatic carbocycles. The first-order valence-electron chi connectivity index (χ1n) is 9.96. The number of oxime groups is 1. The number of nitrogens with zero attached hydrogens (tertiary/aromatic N) is 2. The second-order valence-electron chi connectivity index (χ2n) is 7.80. The molecule has 1 N–H and O–H groups in total. The number of benzene rings is 1. The Morgan fingerprint density at radius 3 is 2.37 bits per heavy atom. The molecule has 0 radical (unpaired) electrons. The quantitative estimate of drug-likeness (QED) is 0.565. The van der Waals surface area contributed by atoms with Crippen LogP contribution in [0.25, 0.3) is 6.08 Å². The molecule has 1 saturated carbocycles.